The molecule has 1 aromatic rings. The lowest BCUT2D eigenvalue weighted by Crippen LogP contribution is -2.31. The van der Waals surface area contributed by atoms with E-state index in [1.54, 1.807) is 7.11 Å². The molecule has 18 heavy (non-hydrogen) atoms. The molecule has 1 aliphatic heterocycles. The van der Waals surface area contributed by atoms with Crippen molar-refractivity contribution in [3.63, 3.8) is 0 Å². The fraction of sp³-hybridized carbons (Fsp3) is 0.571. The molecule has 4 heteroatoms. The van der Waals surface area contributed by atoms with Crippen LogP contribution in [-0.2, 0) is 4.74 Å². The first kappa shape index (κ1) is 13.7. The summed E-state index contributed by atoms with van der Waals surface area (Å²) in [7, 11) is 1.65. The summed E-state index contributed by atoms with van der Waals surface area (Å²) in [4.78, 5) is 0. The van der Waals surface area contributed by atoms with Gasteiger partial charge < -0.3 is 14.8 Å². The van der Waals surface area contributed by atoms with Crippen molar-refractivity contribution in [2.75, 3.05) is 20.3 Å². The van der Waals surface area contributed by atoms with Crippen LogP contribution in [0.15, 0.2) is 18.2 Å². The van der Waals surface area contributed by atoms with Crippen LogP contribution >= 0.6 is 11.6 Å². The molecule has 3 nitrogen and oxygen atoms in total. The molecule has 100 valence electrons. The lowest BCUT2D eigenvalue weighted by Gasteiger charge is -2.25. The third-order valence-corrected chi connectivity index (χ3v) is 3.63. The number of hydrogen-bond acceptors (Lipinski definition) is 3. The summed E-state index contributed by atoms with van der Waals surface area (Å²) in [5.74, 6) is 0.784. The summed E-state index contributed by atoms with van der Waals surface area (Å²) < 4.78 is 11.0. The van der Waals surface area contributed by atoms with E-state index < -0.39 is 0 Å². The number of nitrogens with one attached hydrogen (secondary N) is 1. The largest absolute Gasteiger partial charge is 0.497 e. The van der Waals surface area contributed by atoms with Gasteiger partial charge in [-0.3, -0.25) is 0 Å². The van der Waals surface area contributed by atoms with Crippen LogP contribution in [0.3, 0.4) is 0 Å². The van der Waals surface area contributed by atoms with E-state index in [4.69, 9.17) is 21.1 Å². The molecule has 1 heterocycles. The molecule has 1 N–H and O–H groups in total. The molecule has 0 saturated carbocycles. The van der Waals surface area contributed by atoms with Gasteiger partial charge in [-0.1, -0.05) is 24.6 Å². The van der Waals surface area contributed by atoms with Crippen molar-refractivity contribution >= 4 is 11.6 Å². The summed E-state index contributed by atoms with van der Waals surface area (Å²) in [6, 6.07) is 5.99. The van der Waals surface area contributed by atoms with Gasteiger partial charge in [-0.25, -0.2) is 0 Å². The summed E-state index contributed by atoms with van der Waals surface area (Å²) >= 11 is 6.34. The smallest absolute Gasteiger partial charge is 0.120 e. The molecule has 1 saturated heterocycles. The Morgan fingerprint density at radius 1 is 1.56 bits per heavy atom. The Bertz CT molecular complexity index is 391. The average Bonchev–Trinajstić information content (AvgIpc) is 2.90. The maximum absolute atomic E-state index is 6.34. The van der Waals surface area contributed by atoms with E-state index in [2.05, 4.69) is 12.2 Å². The van der Waals surface area contributed by atoms with Crippen molar-refractivity contribution in [2.45, 2.75) is 31.9 Å². The molecule has 0 spiro atoms. The van der Waals surface area contributed by atoms with Crippen LogP contribution in [0.5, 0.6) is 5.75 Å². The van der Waals surface area contributed by atoms with Gasteiger partial charge in [-0.2, -0.15) is 0 Å². The Labute approximate surface area is 113 Å². The number of ether oxygens (including phenoxy) is 2. The molecule has 0 bridgehead atoms. The van der Waals surface area contributed by atoms with Gasteiger partial charge in [0.05, 0.1) is 19.3 Å². The lowest BCUT2D eigenvalue weighted by molar-refractivity contribution is 0.0788. The number of rotatable bonds is 5. The molecule has 0 amide bonds. The van der Waals surface area contributed by atoms with Gasteiger partial charge in [-0.15, -0.1) is 0 Å². The van der Waals surface area contributed by atoms with E-state index in [-0.39, 0.29) is 12.1 Å². The van der Waals surface area contributed by atoms with Crippen molar-refractivity contribution in [3.8, 4) is 5.75 Å². The van der Waals surface area contributed by atoms with Crippen molar-refractivity contribution in [1.82, 2.24) is 5.32 Å². The molecule has 0 radical (unpaired) electrons. The topological polar surface area (TPSA) is 30.5 Å². The second kappa shape index (κ2) is 6.41. The van der Waals surface area contributed by atoms with Crippen molar-refractivity contribution in [3.05, 3.63) is 28.8 Å². The maximum atomic E-state index is 6.34. The van der Waals surface area contributed by atoms with E-state index in [9.17, 15) is 0 Å². The van der Waals surface area contributed by atoms with Gasteiger partial charge in [0, 0.05) is 11.6 Å². The minimum absolute atomic E-state index is 0.163. The minimum atomic E-state index is 0.163. The van der Waals surface area contributed by atoms with Crippen LogP contribution < -0.4 is 10.1 Å². The van der Waals surface area contributed by atoms with E-state index in [0.29, 0.717) is 0 Å². The van der Waals surface area contributed by atoms with Crippen LogP contribution in [0.1, 0.15) is 31.4 Å². The normalized spacial score (nSPS) is 20.9. The highest BCUT2D eigenvalue weighted by molar-refractivity contribution is 6.31. The zero-order valence-corrected chi connectivity index (χ0v) is 11.7. The number of likely N-dealkylation sites (N-methyl/N-ethyl adjacent to an activating group) is 1. The first-order valence-corrected chi connectivity index (χ1v) is 6.82. The molecule has 1 aliphatic rings. The van der Waals surface area contributed by atoms with Gasteiger partial charge in [0.15, 0.2) is 0 Å². The molecule has 0 aromatic heterocycles. The third kappa shape index (κ3) is 2.97. The fourth-order valence-electron chi connectivity index (χ4n) is 2.41. The standard InChI is InChI=1S/C14H20ClNO2/c1-3-16-14(13-5-4-8-18-13)11-7-6-10(17-2)9-12(11)15/h6-7,9,13-14,16H,3-5,8H2,1-2H3. The van der Waals surface area contributed by atoms with Crippen LogP contribution in [-0.4, -0.2) is 26.4 Å². The molecule has 2 unspecified atom stereocenters. The number of halogens is 1. The van der Waals surface area contributed by atoms with Crippen LogP contribution in [0.2, 0.25) is 5.02 Å². The first-order chi connectivity index (χ1) is 8.76. The number of benzene rings is 1. The third-order valence-electron chi connectivity index (χ3n) is 3.30. The molecule has 2 atom stereocenters. The molecule has 1 fully saturated rings. The monoisotopic (exact) mass is 269 g/mol. The lowest BCUT2D eigenvalue weighted by atomic mass is 9.99. The minimum Gasteiger partial charge on any atom is -0.497 e. The Balaban J connectivity index is 2.23. The predicted molar refractivity (Wildman–Crippen MR) is 73.4 cm³/mol. The molecule has 0 aliphatic carbocycles. The van der Waals surface area contributed by atoms with Crippen LogP contribution in [0, 0.1) is 0 Å². The van der Waals surface area contributed by atoms with Crippen LogP contribution in [0.25, 0.3) is 0 Å². The zero-order chi connectivity index (χ0) is 13.0. The molecule has 1 aromatic carbocycles. The average molecular weight is 270 g/mol. The van der Waals surface area contributed by atoms with Gasteiger partial charge in [0.25, 0.3) is 0 Å². The Morgan fingerprint density at radius 2 is 2.39 bits per heavy atom. The Morgan fingerprint density at radius 3 is 2.94 bits per heavy atom. The summed E-state index contributed by atoms with van der Waals surface area (Å²) in [6.45, 7) is 3.84. The fourth-order valence-corrected chi connectivity index (χ4v) is 2.70. The highest BCUT2D eigenvalue weighted by Crippen LogP contribution is 2.33. The Hall–Kier alpha value is -0.770. The SMILES string of the molecule is CCNC(c1ccc(OC)cc1Cl)C1CCCO1. The first-order valence-electron chi connectivity index (χ1n) is 6.44. The van der Waals surface area contributed by atoms with E-state index in [0.717, 1.165) is 42.3 Å². The van der Waals surface area contributed by atoms with E-state index in [1.807, 2.05) is 18.2 Å². The number of methoxy groups -OCH3 is 1. The van der Waals surface area contributed by atoms with Gasteiger partial charge in [0.1, 0.15) is 5.75 Å². The zero-order valence-electron chi connectivity index (χ0n) is 10.9. The van der Waals surface area contributed by atoms with E-state index >= 15 is 0 Å². The predicted octanol–water partition coefficient (Wildman–Crippen LogP) is 3.18. The molecule has 2 rings (SSSR count). The summed E-state index contributed by atoms with van der Waals surface area (Å²) in [5.41, 5.74) is 1.09. The van der Waals surface area contributed by atoms with Gasteiger partial charge in [-0.05, 0) is 37.1 Å². The second-order valence-electron chi connectivity index (χ2n) is 4.47. The molecular formula is C14H20ClNO2. The van der Waals surface area contributed by atoms with Crippen molar-refractivity contribution < 1.29 is 9.47 Å². The van der Waals surface area contributed by atoms with Gasteiger partial charge >= 0.3 is 0 Å². The Kier molecular flexibility index (Phi) is 4.87. The summed E-state index contributed by atoms with van der Waals surface area (Å²) in [6.07, 6.45) is 2.43. The highest BCUT2D eigenvalue weighted by atomic mass is 35.5. The second-order valence-corrected chi connectivity index (χ2v) is 4.88. The highest BCUT2D eigenvalue weighted by Gasteiger charge is 2.28. The number of hydrogen-bond donors (Lipinski definition) is 1. The quantitative estimate of drug-likeness (QED) is 0.891. The summed E-state index contributed by atoms with van der Waals surface area (Å²) in [5, 5.41) is 4.20. The van der Waals surface area contributed by atoms with Crippen molar-refractivity contribution in [1.29, 1.82) is 0 Å². The van der Waals surface area contributed by atoms with E-state index in [1.165, 1.54) is 0 Å². The van der Waals surface area contributed by atoms with Gasteiger partial charge in [0.2, 0.25) is 0 Å². The molecular weight excluding hydrogens is 250 g/mol. The van der Waals surface area contributed by atoms with Crippen molar-refractivity contribution in [2.24, 2.45) is 0 Å². The maximum Gasteiger partial charge on any atom is 0.120 e. The van der Waals surface area contributed by atoms with Crippen LogP contribution in [0.4, 0.5) is 0 Å².